The fourth-order valence-corrected chi connectivity index (χ4v) is 5.32. The van der Waals surface area contributed by atoms with Crippen molar-refractivity contribution < 1.29 is 28.7 Å². The lowest BCUT2D eigenvalue weighted by Crippen LogP contribution is -2.44. The number of carbonyl (C=O) groups excluding carboxylic acids is 4. The molecule has 186 valence electrons. The minimum atomic E-state index is -1.10. The molecule has 2 aliphatic rings. The molecule has 0 aromatic carbocycles. The fourth-order valence-electron chi connectivity index (χ4n) is 4.27. The van der Waals surface area contributed by atoms with E-state index < -0.39 is 35.4 Å². The van der Waals surface area contributed by atoms with Crippen molar-refractivity contribution in [3.8, 4) is 10.4 Å². The summed E-state index contributed by atoms with van der Waals surface area (Å²) < 4.78 is 10.3. The third-order valence-corrected chi connectivity index (χ3v) is 7.56. The summed E-state index contributed by atoms with van der Waals surface area (Å²) in [6.07, 6.45) is 2.48. The monoisotopic (exact) mass is 500 g/mol. The summed E-state index contributed by atoms with van der Waals surface area (Å²) in [4.78, 5) is 60.3. The Morgan fingerprint density at radius 3 is 2.77 bits per heavy atom. The molecule has 2 aromatic heterocycles. The molecule has 11 heteroatoms. The Morgan fingerprint density at radius 1 is 1.31 bits per heavy atom. The Labute approximate surface area is 206 Å². The third kappa shape index (κ3) is 5.04. The molecule has 0 aliphatic carbocycles. The number of ether oxygens (including phenoxy) is 2. The third-order valence-electron chi connectivity index (χ3n) is 6.35. The number of carbonyl (C=O) groups is 4. The molecule has 4 rings (SSSR count). The van der Waals surface area contributed by atoms with E-state index in [4.69, 9.17) is 15.2 Å². The van der Waals surface area contributed by atoms with Crippen molar-refractivity contribution in [2.24, 2.45) is 5.73 Å². The zero-order chi connectivity index (χ0) is 25.3. The number of hydrogen-bond donors (Lipinski definition) is 1. The van der Waals surface area contributed by atoms with Gasteiger partial charge in [-0.05, 0) is 51.3 Å². The molecule has 0 spiro atoms. The van der Waals surface area contributed by atoms with Crippen LogP contribution in [0.2, 0.25) is 0 Å². The molecule has 0 saturated carbocycles. The Bertz CT molecular complexity index is 1180. The first-order valence-electron chi connectivity index (χ1n) is 11.5. The standard InChI is InChI=1S/C24H28N4O6S/c1-13-20(35-18(27-13)12-19(29)28-9-4-5-15(28)21(25)30)14-6-8-26-17(11-14)24(2,3)23(32)34-16-7-10-33-22(16)31/h6,8,11,15-16H,4-5,7,9-10,12H2,1-3H3,(H2,25,30)/t15-,16?/m0/s1. The van der Waals surface area contributed by atoms with Gasteiger partial charge in [0.1, 0.15) is 16.5 Å². The molecular weight excluding hydrogens is 472 g/mol. The summed E-state index contributed by atoms with van der Waals surface area (Å²) in [5.74, 6) is -1.75. The average Bonchev–Trinajstić information content (AvgIpc) is 3.54. The number of amides is 2. The molecule has 2 fully saturated rings. The molecule has 2 saturated heterocycles. The number of esters is 2. The molecule has 0 radical (unpaired) electrons. The number of aryl methyl sites for hydroxylation is 1. The summed E-state index contributed by atoms with van der Waals surface area (Å²) >= 11 is 1.38. The summed E-state index contributed by atoms with van der Waals surface area (Å²) in [5.41, 5.74) is 6.38. The van der Waals surface area contributed by atoms with Gasteiger partial charge in [-0.1, -0.05) is 0 Å². The maximum atomic E-state index is 12.9. The van der Waals surface area contributed by atoms with Crippen LogP contribution in [0.5, 0.6) is 0 Å². The Morgan fingerprint density at radius 2 is 2.09 bits per heavy atom. The van der Waals surface area contributed by atoms with Crippen molar-refractivity contribution in [3.63, 3.8) is 0 Å². The van der Waals surface area contributed by atoms with E-state index in [2.05, 4.69) is 9.97 Å². The van der Waals surface area contributed by atoms with E-state index in [0.29, 0.717) is 30.1 Å². The van der Waals surface area contributed by atoms with Crippen LogP contribution in [-0.2, 0) is 40.5 Å². The van der Waals surface area contributed by atoms with Gasteiger partial charge in [0.2, 0.25) is 17.9 Å². The largest absolute Gasteiger partial charge is 0.463 e. The molecular formula is C24H28N4O6S. The van der Waals surface area contributed by atoms with E-state index in [1.807, 2.05) is 13.0 Å². The second-order valence-corrected chi connectivity index (χ2v) is 10.3. The number of nitrogens with two attached hydrogens (primary N) is 1. The van der Waals surface area contributed by atoms with Gasteiger partial charge in [0.15, 0.2) is 0 Å². The predicted octanol–water partition coefficient (Wildman–Crippen LogP) is 1.67. The number of primary amides is 1. The van der Waals surface area contributed by atoms with E-state index in [9.17, 15) is 19.2 Å². The van der Waals surface area contributed by atoms with E-state index in [1.54, 1.807) is 26.1 Å². The molecule has 1 unspecified atom stereocenters. The Balaban J connectivity index is 1.51. The highest BCUT2D eigenvalue weighted by Crippen LogP contribution is 2.34. The zero-order valence-electron chi connectivity index (χ0n) is 19.9. The number of cyclic esters (lactones) is 1. The molecule has 2 amide bonds. The second kappa shape index (κ2) is 9.73. The highest BCUT2D eigenvalue weighted by atomic mass is 32.1. The van der Waals surface area contributed by atoms with Crippen LogP contribution in [0.1, 0.15) is 49.5 Å². The van der Waals surface area contributed by atoms with Gasteiger partial charge in [0.25, 0.3) is 0 Å². The van der Waals surface area contributed by atoms with Crippen molar-refractivity contribution in [1.29, 1.82) is 0 Å². The summed E-state index contributed by atoms with van der Waals surface area (Å²) in [6, 6.07) is 3.05. The number of hydrogen-bond acceptors (Lipinski definition) is 9. The van der Waals surface area contributed by atoms with Crippen molar-refractivity contribution in [2.75, 3.05) is 13.2 Å². The lowest BCUT2D eigenvalue weighted by molar-refractivity contribution is -0.164. The SMILES string of the molecule is Cc1nc(CC(=O)N2CCC[C@H]2C(N)=O)sc1-c1ccnc(C(C)(C)C(=O)OC2CCOC2=O)c1. The van der Waals surface area contributed by atoms with Gasteiger partial charge in [-0.25, -0.2) is 9.78 Å². The minimum absolute atomic E-state index is 0.0858. The first kappa shape index (κ1) is 24.8. The van der Waals surface area contributed by atoms with Gasteiger partial charge in [0, 0.05) is 19.2 Å². The van der Waals surface area contributed by atoms with Crippen LogP contribution in [0.4, 0.5) is 0 Å². The number of aromatic nitrogens is 2. The van der Waals surface area contributed by atoms with Crippen LogP contribution in [-0.4, -0.2) is 63.9 Å². The van der Waals surface area contributed by atoms with Crippen LogP contribution in [0.15, 0.2) is 18.3 Å². The molecule has 35 heavy (non-hydrogen) atoms. The van der Waals surface area contributed by atoms with Gasteiger partial charge in [0.05, 0.1) is 29.3 Å². The van der Waals surface area contributed by atoms with Gasteiger partial charge in [-0.2, -0.15) is 0 Å². The van der Waals surface area contributed by atoms with E-state index in [1.165, 1.54) is 16.2 Å². The minimum Gasteiger partial charge on any atom is -0.463 e. The molecule has 2 N–H and O–H groups in total. The molecule has 2 aromatic rings. The summed E-state index contributed by atoms with van der Waals surface area (Å²) in [7, 11) is 0. The van der Waals surface area contributed by atoms with Crippen molar-refractivity contribution >= 4 is 35.1 Å². The quantitative estimate of drug-likeness (QED) is 0.566. The van der Waals surface area contributed by atoms with Crippen molar-refractivity contribution in [3.05, 3.63) is 34.7 Å². The molecule has 4 heterocycles. The lowest BCUT2D eigenvalue weighted by Gasteiger charge is -2.23. The number of rotatable bonds is 7. The van der Waals surface area contributed by atoms with Gasteiger partial charge in [-0.3, -0.25) is 19.4 Å². The van der Waals surface area contributed by atoms with Crippen LogP contribution in [0, 0.1) is 6.92 Å². The second-order valence-electron chi connectivity index (χ2n) is 9.25. The average molecular weight is 501 g/mol. The topological polar surface area (TPSA) is 142 Å². The summed E-state index contributed by atoms with van der Waals surface area (Å²) in [6.45, 7) is 5.99. The highest BCUT2D eigenvalue weighted by molar-refractivity contribution is 7.15. The van der Waals surface area contributed by atoms with Crippen molar-refractivity contribution in [1.82, 2.24) is 14.9 Å². The lowest BCUT2D eigenvalue weighted by atomic mass is 9.88. The van der Waals surface area contributed by atoms with Crippen LogP contribution in [0.25, 0.3) is 10.4 Å². The van der Waals surface area contributed by atoms with Gasteiger partial charge >= 0.3 is 11.9 Å². The van der Waals surface area contributed by atoms with Gasteiger partial charge < -0.3 is 20.1 Å². The first-order chi connectivity index (χ1) is 16.6. The smallest absolute Gasteiger partial charge is 0.347 e. The van der Waals surface area contributed by atoms with E-state index in [-0.39, 0.29) is 18.9 Å². The maximum absolute atomic E-state index is 12.9. The van der Waals surface area contributed by atoms with E-state index in [0.717, 1.165) is 22.6 Å². The molecule has 0 bridgehead atoms. The zero-order valence-corrected chi connectivity index (χ0v) is 20.7. The van der Waals surface area contributed by atoms with E-state index >= 15 is 0 Å². The van der Waals surface area contributed by atoms with Crippen LogP contribution < -0.4 is 5.73 Å². The maximum Gasteiger partial charge on any atom is 0.347 e. The Hall–Kier alpha value is -3.34. The highest BCUT2D eigenvalue weighted by Gasteiger charge is 2.39. The number of pyridine rings is 1. The van der Waals surface area contributed by atoms with Crippen LogP contribution in [0.3, 0.4) is 0 Å². The molecule has 2 aliphatic heterocycles. The number of nitrogens with zero attached hydrogens (tertiary/aromatic N) is 3. The molecule has 10 nitrogen and oxygen atoms in total. The number of likely N-dealkylation sites (tertiary alicyclic amines) is 1. The van der Waals surface area contributed by atoms with Gasteiger partial charge in [-0.15, -0.1) is 11.3 Å². The van der Waals surface area contributed by atoms with Crippen molar-refractivity contribution in [2.45, 2.75) is 64.0 Å². The normalized spacial score (nSPS) is 20.1. The summed E-state index contributed by atoms with van der Waals surface area (Å²) in [5, 5.41) is 0.634. The Kier molecular flexibility index (Phi) is 6.88. The number of thiazole rings is 1. The van der Waals surface area contributed by atoms with Crippen LogP contribution >= 0.6 is 11.3 Å². The first-order valence-corrected chi connectivity index (χ1v) is 12.3. The molecule has 2 atom stereocenters. The predicted molar refractivity (Wildman–Crippen MR) is 126 cm³/mol. The fraction of sp³-hybridized carbons (Fsp3) is 0.500.